The molecule has 0 saturated heterocycles. The number of hydrogen-bond donors (Lipinski definition) is 0. The zero-order chi connectivity index (χ0) is 12.3. The SMILES string of the molecule is CC(C)/C(=C/C(C(C)C)N(C)C)C1CCC1. The Hall–Kier alpha value is -0.300. The molecule has 16 heavy (non-hydrogen) atoms. The first-order valence-electron chi connectivity index (χ1n) is 6.81. The Morgan fingerprint density at radius 3 is 1.94 bits per heavy atom. The predicted octanol–water partition coefficient (Wildman–Crippen LogP) is 3.96. The van der Waals surface area contributed by atoms with Crippen LogP contribution in [-0.2, 0) is 0 Å². The first kappa shape index (κ1) is 13.8. The highest BCUT2D eigenvalue weighted by Crippen LogP contribution is 2.37. The van der Waals surface area contributed by atoms with E-state index < -0.39 is 0 Å². The van der Waals surface area contributed by atoms with Gasteiger partial charge in [-0.3, -0.25) is 0 Å². The molecule has 0 aromatic carbocycles. The van der Waals surface area contributed by atoms with E-state index >= 15 is 0 Å². The van der Waals surface area contributed by atoms with Gasteiger partial charge in [0.1, 0.15) is 0 Å². The molecule has 0 spiro atoms. The molecule has 1 nitrogen and oxygen atoms in total. The van der Waals surface area contributed by atoms with Crippen molar-refractivity contribution in [3.8, 4) is 0 Å². The van der Waals surface area contributed by atoms with Crippen molar-refractivity contribution in [3.63, 3.8) is 0 Å². The molecule has 0 aliphatic heterocycles. The molecule has 1 heteroatoms. The van der Waals surface area contributed by atoms with Crippen LogP contribution in [0, 0.1) is 17.8 Å². The minimum Gasteiger partial charge on any atom is -0.303 e. The van der Waals surface area contributed by atoms with Crippen LogP contribution >= 0.6 is 0 Å². The molecule has 1 atom stereocenters. The van der Waals surface area contributed by atoms with Gasteiger partial charge in [0, 0.05) is 6.04 Å². The molecule has 0 N–H and O–H groups in total. The van der Waals surface area contributed by atoms with Crippen LogP contribution < -0.4 is 0 Å². The van der Waals surface area contributed by atoms with E-state index in [0.717, 1.165) is 5.92 Å². The number of hydrogen-bond acceptors (Lipinski definition) is 1. The second kappa shape index (κ2) is 5.86. The van der Waals surface area contributed by atoms with Gasteiger partial charge in [0.05, 0.1) is 0 Å². The van der Waals surface area contributed by atoms with Crippen LogP contribution in [0.3, 0.4) is 0 Å². The van der Waals surface area contributed by atoms with Crippen LogP contribution in [0.4, 0.5) is 0 Å². The van der Waals surface area contributed by atoms with Crippen molar-refractivity contribution in [1.29, 1.82) is 0 Å². The fraction of sp³-hybridized carbons (Fsp3) is 0.867. The molecule has 94 valence electrons. The van der Waals surface area contributed by atoms with Gasteiger partial charge in [-0.05, 0) is 44.7 Å². The first-order valence-corrected chi connectivity index (χ1v) is 6.81. The monoisotopic (exact) mass is 223 g/mol. The minimum atomic E-state index is 0.595. The summed E-state index contributed by atoms with van der Waals surface area (Å²) in [6, 6.07) is 0.595. The van der Waals surface area contributed by atoms with E-state index in [1.165, 1.54) is 19.3 Å². The average Bonchev–Trinajstić information content (AvgIpc) is 2.06. The first-order chi connectivity index (χ1) is 7.43. The van der Waals surface area contributed by atoms with E-state index in [2.05, 4.69) is 52.8 Å². The Bertz CT molecular complexity index is 226. The average molecular weight is 223 g/mol. The van der Waals surface area contributed by atoms with Gasteiger partial charge < -0.3 is 4.90 Å². The molecule has 1 fully saturated rings. The lowest BCUT2D eigenvalue weighted by Crippen LogP contribution is -2.32. The summed E-state index contributed by atoms with van der Waals surface area (Å²) in [5, 5.41) is 0. The van der Waals surface area contributed by atoms with Gasteiger partial charge in [0.25, 0.3) is 0 Å². The lowest BCUT2D eigenvalue weighted by atomic mass is 9.74. The smallest absolute Gasteiger partial charge is 0.0297 e. The van der Waals surface area contributed by atoms with Gasteiger partial charge in [-0.25, -0.2) is 0 Å². The van der Waals surface area contributed by atoms with Gasteiger partial charge in [0.2, 0.25) is 0 Å². The van der Waals surface area contributed by atoms with Crippen LogP contribution in [0.5, 0.6) is 0 Å². The van der Waals surface area contributed by atoms with Crippen molar-refractivity contribution < 1.29 is 0 Å². The van der Waals surface area contributed by atoms with Crippen LogP contribution in [0.1, 0.15) is 47.0 Å². The van der Waals surface area contributed by atoms with Crippen LogP contribution in [0.2, 0.25) is 0 Å². The Morgan fingerprint density at radius 2 is 1.69 bits per heavy atom. The summed E-state index contributed by atoms with van der Waals surface area (Å²) in [7, 11) is 4.39. The Morgan fingerprint density at radius 1 is 1.12 bits per heavy atom. The highest BCUT2D eigenvalue weighted by molar-refractivity contribution is 5.15. The van der Waals surface area contributed by atoms with Crippen molar-refractivity contribution in [2.45, 2.75) is 53.0 Å². The highest BCUT2D eigenvalue weighted by Gasteiger charge is 2.25. The molecular weight excluding hydrogens is 194 g/mol. The maximum atomic E-state index is 2.55. The summed E-state index contributed by atoms with van der Waals surface area (Å²) in [6.45, 7) is 9.33. The van der Waals surface area contributed by atoms with Crippen molar-refractivity contribution in [2.24, 2.45) is 17.8 Å². The highest BCUT2D eigenvalue weighted by atomic mass is 15.1. The van der Waals surface area contributed by atoms with E-state index in [9.17, 15) is 0 Å². The van der Waals surface area contributed by atoms with Crippen LogP contribution in [0.15, 0.2) is 11.6 Å². The number of rotatable bonds is 5. The van der Waals surface area contributed by atoms with Gasteiger partial charge in [-0.2, -0.15) is 0 Å². The van der Waals surface area contributed by atoms with E-state index in [4.69, 9.17) is 0 Å². The van der Waals surface area contributed by atoms with E-state index in [1.807, 2.05) is 0 Å². The summed E-state index contributed by atoms with van der Waals surface area (Å²) in [4.78, 5) is 2.35. The molecule has 1 aliphatic rings. The van der Waals surface area contributed by atoms with Gasteiger partial charge >= 0.3 is 0 Å². The summed E-state index contributed by atoms with van der Waals surface area (Å²) < 4.78 is 0. The summed E-state index contributed by atoms with van der Waals surface area (Å²) >= 11 is 0. The standard InChI is InChI=1S/C15H29N/c1-11(2)14(13-8-7-9-13)10-15(12(3)4)16(5)6/h10-13,15H,7-9H2,1-6H3/b14-10-. The molecule has 0 radical (unpaired) electrons. The summed E-state index contributed by atoms with van der Waals surface area (Å²) in [5.74, 6) is 2.30. The molecule has 1 unspecified atom stereocenters. The molecule has 0 heterocycles. The van der Waals surface area contributed by atoms with Crippen molar-refractivity contribution in [2.75, 3.05) is 14.1 Å². The van der Waals surface area contributed by atoms with Crippen molar-refractivity contribution >= 4 is 0 Å². The number of allylic oxidation sites excluding steroid dienone is 1. The molecular formula is C15H29N. The largest absolute Gasteiger partial charge is 0.303 e. The molecule has 1 aliphatic carbocycles. The molecule has 1 saturated carbocycles. The third-order valence-electron chi connectivity index (χ3n) is 3.89. The zero-order valence-electron chi connectivity index (χ0n) is 12.0. The zero-order valence-corrected chi connectivity index (χ0v) is 12.0. The number of likely N-dealkylation sites (N-methyl/N-ethyl adjacent to an activating group) is 1. The van der Waals surface area contributed by atoms with Crippen molar-refractivity contribution in [1.82, 2.24) is 4.90 Å². The topological polar surface area (TPSA) is 3.24 Å². The van der Waals surface area contributed by atoms with Crippen LogP contribution in [-0.4, -0.2) is 25.0 Å². The molecule has 0 amide bonds. The van der Waals surface area contributed by atoms with Gasteiger partial charge in [0.15, 0.2) is 0 Å². The second-order valence-corrected chi connectivity index (χ2v) is 6.15. The van der Waals surface area contributed by atoms with E-state index in [-0.39, 0.29) is 0 Å². The Labute approximate surface area is 102 Å². The quantitative estimate of drug-likeness (QED) is 0.638. The van der Waals surface area contributed by atoms with Gasteiger partial charge in [-0.15, -0.1) is 0 Å². The van der Waals surface area contributed by atoms with E-state index in [1.54, 1.807) is 5.57 Å². The summed E-state index contributed by atoms with van der Waals surface area (Å²) in [6.07, 6.45) is 6.83. The molecule has 0 bridgehead atoms. The molecule has 0 aromatic heterocycles. The summed E-state index contributed by atoms with van der Waals surface area (Å²) in [5.41, 5.74) is 1.71. The lowest BCUT2D eigenvalue weighted by molar-refractivity contribution is 0.270. The molecule has 1 rings (SSSR count). The second-order valence-electron chi connectivity index (χ2n) is 6.15. The maximum Gasteiger partial charge on any atom is 0.0297 e. The third-order valence-corrected chi connectivity index (χ3v) is 3.89. The lowest BCUT2D eigenvalue weighted by Gasteiger charge is -2.34. The van der Waals surface area contributed by atoms with Crippen molar-refractivity contribution in [3.05, 3.63) is 11.6 Å². The fourth-order valence-electron chi connectivity index (χ4n) is 2.68. The van der Waals surface area contributed by atoms with Gasteiger partial charge in [-0.1, -0.05) is 45.8 Å². The van der Waals surface area contributed by atoms with Crippen LogP contribution in [0.25, 0.3) is 0 Å². The third kappa shape index (κ3) is 3.35. The number of nitrogens with zero attached hydrogens (tertiary/aromatic N) is 1. The fourth-order valence-corrected chi connectivity index (χ4v) is 2.68. The van der Waals surface area contributed by atoms with E-state index in [0.29, 0.717) is 17.9 Å². The Kier molecular flexibility index (Phi) is 5.04. The normalized spacial score (nSPS) is 20.7. The minimum absolute atomic E-state index is 0.595. The Balaban J connectivity index is 2.81. The predicted molar refractivity (Wildman–Crippen MR) is 72.6 cm³/mol. The molecule has 0 aromatic rings. The maximum absolute atomic E-state index is 2.55.